The number of nitrogen functional groups attached to an aromatic ring is 1. The highest BCUT2D eigenvalue weighted by Crippen LogP contribution is 2.22. The molecule has 0 aliphatic rings. The first-order chi connectivity index (χ1) is 9.88. The van der Waals surface area contributed by atoms with Crippen molar-refractivity contribution in [1.82, 2.24) is 4.90 Å². The minimum atomic E-state index is -0.476. The maximum atomic E-state index is 13.5. The topological polar surface area (TPSA) is 46.3 Å². The van der Waals surface area contributed by atoms with Crippen LogP contribution in [-0.4, -0.2) is 17.9 Å². The lowest BCUT2D eigenvalue weighted by Gasteiger charge is -2.18. The molecule has 0 heterocycles. The lowest BCUT2D eigenvalue weighted by atomic mass is 10.1. The lowest BCUT2D eigenvalue weighted by Crippen LogP contribution is -2.26. The molecular weight excluding hydrogens is 359 g/mol. The summed E-state index contributed by atoms with van der Waals surface area (Å²) < 4.78 is 13.8. The van der Waals surface area contributed by atoms with Crippen molar-refractivity contribution in [3.63, 3.8) is 0 Å². The molecule has 0 aromatic heterocycles. The van der Waals surface area contributed by atoms with Gasteiger partial charge >= 0.3 is 0 Å². The zero-order valence-electron chi connectivity index (χ0n) is 11.2. The van der Waals surface area contributed by atoms with Crippen molar-refractivity contribution < 1.29 is 9.18 Å². The minimum Gasteiger partial charge on any atom is -0.399 e. The molecule has 2 rings (SSSR count). The Kier molecular flexibility index (Phi) is 4.85. The largest absolute Gasteiger partial charge is 0.399 e. The van der Waals surface area contributed by atoms with E-state index in [4.69, 9.17) is 17.3 Å². The van der Waals surface area contributed by atoms with Gasteiger partial charge in [0, 0.05) is 29.9 Å². The van der Waals surface area contributed by atoms with E-state index < -0.39 is 5.82 Å². The van der Waals surface area contributed by atoms with Gasteiger partial charge in [-0.25, -0.2) is 4.39 Å². The second-order valence-electron chi connectivity index (χ2n) is 4.64. The Morgan fingerprint density at radius 3 is 2.71 bits per heavy atom. The van der Waals surface area contributed by atoms with Gasteiger partial charge in [-0.15, -0.1) is 0 Å². The lowest BCUT2D eigenvalue weighted by molar-refractivity contribution is 0.0784. The first kappa shape index (κ1) is 15.8. The predicted molar refractivity (Wildman–Crippen MR) is 85.8 cm³/mol. The number of nitrogens with zero attached hydrogens (tertiary/aromatic N) is 1. The Morgan fingerprint density at radius 2 is 2.05 bits per heavy atom. The zero-order valence-corrected chi connectivity index (χ0v) is 13.6. The highest BCUT2D eigenvalue weighted by atomic mass is 79.9. The Morgan fingerprint density at radius 1 is 1.33 bits per heavy atom. The number of nitrogens with two attached hydrogens (primary N) is 1. The van der Waals surface area contributed by atoms with Gasteiger partial charge in [-0.3, -0.25) is 4.79 Å². The number of benzene rings is 2. The zero-order chi connectivity index (χ0) is 15.6. The van der Waals surface area contributed by atoms with E-state index in [1.54, 1.807) is 31.3 Å². The van der Waals surface area contributed by atoms with Crippen molar-refractivity contribution in [2.24, 2.45) is 0 Å². The van der Waals surface area contributed by atoms with E-state index in [0.717, 1.165) is 5.56 Å². The van der Waals surface area contributed by atoms with Crippen LogP contribution in [0.5, 0.6) is 0 Å². The molecule has 0 spiro atoms. The molecule has 1 amide bonds. The SMILES string of the molecule is CN(Cc1cc(N)ccc1Cl)C(=O)c1ccc(Br)c(F)c1. The van der Waals surface area contributed by atoms with Crippen molar-refractivity contribution in [3.05, 3.63) is 62.8 Å². The summed E-state index contributed by atoms with van der Waals surface area (Å²) in [4.78, 5) is 13.7. The van der Waals surface area contributed by atoms with Gasteiger partial charge < -0.3 is 10.6 Å². The van der Waals surface area contributed by atoms with Crippen LogP contribution in [0.4, 0.5) is 10.1 Å². The summed E-state index contributed by atoms with van der Waals surface area (Å²) in [6.07, 6.45) is 0. The van der Waals surface area contributed by atoms with E-state index >= 15 is 0 Å². The number of carbonyl (C=O) groups is 1. The van der Waals surface area contributed by atoms with Crippen LogP contribution < -0.4 is 5.73 Å². The Bertz CT molecular complexity index is 693. The van der Waals surface area contributed by atoms with E-state index in [1.165, 1.54) is 17.0 Å². The van der Waals surface area contributed by atoms with Crippen molar-refractivity contribution in [3.8, 4) is 0 Å². The molecule has 6 heteroatoms. The fraction of sp³-hybridized carbons (Fsp3) is 0.133. The van der Waals surface area contributed by atoms with Gasteiger partial charge in [0.25, 0.3) is 5.91 Å². The molecule has 0 aliphatic heterocycles. The van der Waals surface area contributed by atoms with Crippen molar-refractivity contribution in [1.29, 1.82) is 0 Å². The second kappa shape index (κ2) is 6.45. The van der Waals surface area contributed by atoms with Crippen LogP contribution in [0.1, 0.15) is 15.9 Å². The van der Waals surface area contributed by atoms with Crippen LogP contribution in [0, 0.1) is 5.82 Å². The number of hydrogen-bond donors (Lipinski definition) is 1. The average molecular weight is 372 g/mol. The van der Waals surface area contributed by atoms with E-state index in [9.17, 15) is 9.18 Å². The molecule has 0 unspecified atom stereocenters. The second-order valence-corrected chi connectivity index (χ2v) is 5.90. The average Bonchev–Trinajstić information content (AvgIpc) is 2.45. The number of anilines is 1. The molecule has 0 aliphatic carbocycles. The number of hydrogen-bond acceptors (Lipinski definition) is 2. The number of halogens is 3. The molecule has 2 N–H and O–H groups in total. The van der Waals surface area contributed by atoms with Crippen LogP contribution >= 0.6 is 27.5 Å². The minimum absolute atomic E-state index is 0.276. The van der Waals surface area contributed by atoms with E-state index in [1.807, 2.05) is 0 Å². The smallest absolute Gasteiger partial charge is 0.254 e. The molecule has 3 nitrogen and oxygen atoms in total. The van der Waals surface area contributed by atoms with Crippen LogP contribution in [0.25, 0.3) is 0 Å². The third kappa shape index (κ3) is 3.74. The first-order valence-electron chi connectivity index (χ1n) is 6.13. The van der Waals surface area contributed by atoms with Gasteiger partial charge in [0.1, 0.15) is 5.82 Å². The fourth-order valence-corrected chi connectivity index (χ4v) is 2.32. The molecular formula is C15H13BrClFN2O. The van der Waals surface area contributed by atoms with Crippen molar-refractivity contribution in [2.75, 3.05) is 12.8 Å². The standard InChI is InChI=1S/C15H13BrClFN2O/c1-20(8-10-6-11(19)3-5-13(10)17)15(21)9-2-4-12(16)14(18)7-9/h2-7H,8,19H2,1H3. The monoisotopic (exact) mass is 370 g/mol. The summed E-state index contributed by atoms with van der Waals surface area (Å²) in [5, 5.41) is 0.533. The van der Waals surface area contributed by atoms with Crippen molar-refractivity contribution in [2.45, 2.75) is 6.54 Å². The molecule has 2 aromatic carbocycles. The van der Waals surface area contributed by atoms with Crippen LogP contribution in [0.3, 0.4) is 0 Å². The van der Waals surface area contributed by atoms with E-state index in [-0.39, 0.29) is 11.5 Å². The van der Waals surface area contributed by atoms with Gasteiger partial charge in [-0.05, 0) is 57.9 Å². The molecule has 2 aromatic rings. The first-order valence-corrected chi connectivity index (χ1v) is 7.30. The highest BCUT2D eigenvalue weighted by molar-refractivity contribution is 9.10. The number of rotatable bonds is 3. The molecule has 0 radical (unpaired) electrons. The molecule has 0 atom stereocenters. The number of amides is 1. The van der Waals surface area contributed by atoms with Gasteiger partial charge in [0.05, 0.1) is 4.47 Å². The maximum Gasteiger partial charge on any atom is 0.254 e. The normalized spacial score (nSPS) is 10.5. The fourth-order valence-electron chi connectivity index (χ4n) is 1.89. The summed E-state index contributed by atoms with van der Waals surface area (Å²) in [5.41, 5.74) is 7.30. The van der Waals surface area contributed by atoms with E-state index in [0.29, 0.717) is 21.7 Å². The molecule has 0 fully saturated rings. The number of carbonyl (C=O) groups excluding carboxylic acids is 1. The molecule has 0 saturated heterocycles. The summed E-state index contributed by atoms with van der Waals surface area (Å²) in [6, 6.07) is 9.36. The quantitative estimate of drug-likeness (QED) is 0.826. The van der Waals surface area contributed by atoms with Crippen LogP contribution in [-0.2, 0) is 6.54 Å². The third-order valence-corrected chi connectivity index (χ3v) is 4.00. The Labute approximate surface area is 135 Å². The highest BCUT2D eigenvalue weighted by Gasteiger charge is 2.15. The molecule has 0 bridgehead atoms. The summed E-state index contributed by atoms with van der Waals surface area (Å²) in [6.45, 7) is 0.292. The third-order valence-electron chi connectivity index (χ3n) is 2.99. The summed E-state index contributed by atoms with van der Waals surface area (Å²) >= 11 is 9.13. The van der Waals surface area contributed by atoms with Gasteiger partial charge in [0.15, 0.2) is 0 Å². The molecule has 110 valence electrons. The van der Waals surface area contributed by atoms with Crippen LogP contribution in [0.2, 0.25) is 5.02 Å². The Hall–Kier alpha value is -1.59. The van der Waals surface area contributed by atoms with E-state index in [2.05, 4.69) is 15.9 Å². The Balaban J connectivity index is 2.19. The van der Waals surface area contributed by atoms with Crippen molar-refractivity contribution >= 4 is 39.1 Å². The van der Waals surface area contributed by atoms with Gasteiger partial charge in [-0.1, -0.05) is 11.6 Å². The van der Waals surface area contributed by atoms with Crippen LogP contribution in [0.15, 0.2) is 40.9 Å². The summed E-state index contributed by atoms with van der Waals surface area (Å²) in [5.74, 6) is -0.767. The predicted octanol–water partition coefficient (Wildman–Crippen LogP) is 4.10. The molecule has 21 heavy (non-hydrogen) atoms. The summed E-state index contributed by atoms with van der Waals surface area (Å²) in [7, 11) is 1.63. The van der Waals surface area contributed by atoms with Gasteiger partial charge in [-0.2, -0.15) is 0 Å². The van der Waals surface area contributed by atoms with Gasteiger partial charge in [0.2, 0.25) is 0 Å². The maximum absolute atomic E-state index is 13.5. The molecule has 0 saturated carbocycles.